The van der Waals surface area contributed by atoms with Gasteiger partial charge in [0.2, 0.25) is 11.8 Å². The number of amides is 2. The molecule has 3 heterocycles. The lowest BCUT2D eigenvalue weighted by Gasteiger charge is -2.44. The molecule has 1 aromatic rings. The molecule has 0 saturated carbocycles. The molecule has 7 heteroatoms. The van der Waals surface area contributed by atoms with E-state index >= 15 is 0 Å². The first-order valence-corrected chi connectivity index (χ1v) is 11.9. The van der Waals surface area contributed by atoms with E-state index in [1.165, 1.54) is 12.1 Å². The summed E-state index contributed by atoms with van der Waals surface area (Å²) in [6.45, 7) is 7.05. The summed E-state index contributed by atoms with van der Waals surface area (Å²) in [5, 5.41) is 0. The fourth-order valence-corrected chi connectivity index (χ4v) is 5.15. The van der Waals surface area contributed by atoms with Crippen LogP contribution >= 0.6 is 0 Å². The molecule has 3 aliphatic rings. The van der Waals surface area contributed by atoms with Gasteiger partial charge in [0.05, 0.1) is 0 Å². The minimum atomic E-state index is -0.197. The molecule has 0 radical (unpaired) electrons. The number of halogens is 1. The monoisotopic (exact) mass is 430 g/mol. The van der Waals surface area contributed by atoms with Crippen molar-refractivity contribution in [1.82, 2.24) is 14.7 Å². The number of hydrogen-bond acceptors (Lipinski definition) is 4. The largest absolute Gasteiger partial charge is 0.369 e. The van der Waals surface area contributed by atoms with Crippen molar-refractivity contribution in [3.05, 3.63) is 30.1 Å². The third kappa shape index (κ3) is 5.76. The van der Waals surface area contributed by atoms with E-state index in [0.29, 0.717) is 25.4 Å². The van der Waals surface area contributed by atoms with Crippen molar-refractivity contribution >= 4 is 17.5 Å². The summed E-state index contributed by atoms with van der Waals surface area (Å²) < 4.78 is 13.2. The standard InChI is InChI=1S/C24H35FN4O2/c25-20-8-10-21(11-9-20)26-15-17-27(18-16-26)22-5-3-14-29(19-22)24(31)7-4-13-28-12-2-1-6-23(28)30/h8-11,22H,1-7,12-19H2/t22-/m0/s1. The maximum atomic E-state index is 13.2. The van der Waals surface area contributed by atoms with Crippen LogP contribution in [0.3, 0.4) is 0 Å². The summed E-state index contributed by atoms with van der Waals surface area (Å²) in [4.78, 5) is 33.5. The van der Waals surface area contributed by atoms with Crippen LogP contribution in [-0.4, -0.2) is 84.9 Å². The van der Waals surface area contributed by atoms with E-state index in [9.17, 15) is 14.0 Å². The van der Waals surface area contributed by atoms with Crippen LogP contribution in [0.4, 0.5) is 10.1 Å². The Balaban J connectivity index is 1.20. The van der Waals surface area contributed by atoms with Crippen molar-refractivity contribution in [3.8, 4) is 0 Å². The third-order valence-corrected chi connectivity index (χ3v) is 7.01. The van der Waals surface area contributed by atoms with Gasteiger partial charge in [-0.3, -0.25) is 14.5 Å². The van der Waals surface area contributed by atoms with Crippen LogP contribution < -0.4 is 4.90 Å². The van der Waals surface area contributed by atoms with Gasteiger partial charge in [-0.25, -0.2) is 4.39 Å². The highest BCUT2D eigenvalue weighted by Crippen LogP contribution is 2.22. The number of rotatable bonds is 6. The van der Waals surface area contributed by atoms with Crippen molar-refractivity contribution < 1.29 is 14.0 Å². The van der Waals surface area contributed by atoms with Crippen molar-refractivity contribution in [3.63, 3.8) is 0 Å². The van der Waals surface area contributed by atoms with E-state index in [2.05, 4.69) is 9.80 Å². The highest BCUT2D eigenvalue weighted by molar-refractivity contribution is 5.77. The topological polar surface area (TPSA) is 47.1 Å². The first-order chi connectivity index (χ1) is 15.1. The van der Waals surface area contributed by atoms with E-state index in [1.54, 1.807) is 0 Å². The minimum Gasteiger partial charge on any atom is -0.369 e. The molecule has 2 amide bonds. The molecule has 0 N–H and O–H groups in total. The van der Waals surface area contributed by atoms with Gasteiger partial charge in [-0.05, 0) is 56.4 Å². The molecule has 0 bridgehead atoms. The molecule has 3 aliphatic heterocycles. The third-order valence-electron chi connectivity index (χ3n) is 7.01. The second kappa shape index (κ2) is 10.4. The van der Waals surface area contributed by atoms with Crippen LogP contribution in [-0.2, 0) is 9.59 Å². The number of anilines is 1. The summed E-state index contributed by atoms with van der Waals surface area (Å²) in [5.41, 5.74) is 1.08. The molecule has 3 saturated heterocycles. The summed E-state index contributed by atoms with van der Waals surface area (Å²) in [6.07, 6.45) is 6.25. The number of nitrogens with zero attached hydrogens (tertiary/aromatic N) is 4. The number of carbonyl (C=O) groups is 2. The lowest BCUT2D eigenvalue weighted by molar-refractivity contribution is -0.136. The highest BCUT2D eigenvalue weighted by Gasteiger charge is 2.30. The van der Waals surface area contributed by atoms with Gasteiger partial charge in [0, 0.05) is 76.9 Å². The molecule has 6 nitrogen and oxygen atoms in total. The second-order valence-corrected chi connectivity index (χ2v) is 9.08. The number of benzene rings is 1. The lowest BCUT2D eigenvalue weighted by Crippen LogP contribution is -2.55. The zero-order chi connectivity index (χ0) is 21.6. The minimum absolute atomic E-state index is 0.197. The number of piperazine rings is 1. The Kier molecular flexibility index (Phi) is 7.43. The van der Waals surface area contributed by atoms with E-state index in [4.69, 9.17) is 0 Å². The molecule has 4 rings (SSSR count). The van der Waals surface area contributed by atoms with Gasteiger partial charge in [-0.2, -0.15) is 0 Å². The predicted molar refractivity (Wildman–Crippen MR) is 119 cm³/mol. The quantitative estimate of drug-likeness (QED) is 0.696. The zero-order valence-electron chi connectivity index (χ0n) is 18.5. The lowest BCUT2D eigenvalue weighted by atomic mass is 10.0. The van der Waals surface area contributed by atoms with E-state index in [0.717, 1.165) is 83.6 Å². The molecule has 0 aliphatic carbocycles. The molecule has 1 atom stereocenters. The predicted octanol–water partition coefficient (Wildman–Crippen LogP) is 2.73. The Bertz CT molecular complexity index is 748. The van der Waals surface area contributed by atoms with Crippen LogP contribution in [0.15, 0.2) is 24.3 Å². The Hall–Kier alpha value is -2.15. The Morgan fingerprint density at radius 2 is 1.74 bits per heavy atom. The normalized spacial score (nSPS) is 23.3. The van der Waals surface area contributed by atoms with Gasteiger partial charge in [-0.1, -0.05) is 0 Å². The molecule has 0 unspecified atom stereocenters. The van der Waals surface area contributed by atoms with Crippen LogP contribution in [0.25, 0.3) is 0 Å². The van der Waals surface area contributed by atoms with Gasteiger partial charge < -0.3 is 14.7 Å². The number of carbonyl (C=O) groups excluding carboxylic acids is 2. The number of hydrogen-bond donors (Lipinski definition) is 0. The SMILES string of the molecule is O=C1CCCCN1CCCC(=O)N1CCC[C@H](N2CCN(c3ccc(F)cc3)CC2)C1. The van der Waals surface area contributed by atoms with Gasteiger partial charge in [0.25, 0.3) is 0 Å². The Morgan fingerprint density at radius 1 is 0.968 bits per heavy atom. The number of piperidine rings is 2. The van der Waals surface area contributed by atoms with Crippen LogP contribution in [0.5, 0.6) is 0 Å². The maximum absolute atomic E-state index is 13.2. The van der Waals surface area contributed by atoms with Crippen molar-refractivity contribution in [2.75, 3.05) is 57.3 Å². The second-order valence-electron chi connectivity index (χ2n) is 9.08. The summed E-state index contributed by atoms with van der Waals surface area (Å²) in [7, 11) is 0. The molecule has 0 spiro atoms. The number of likely N-dealkylation sites (tertiary alicyclic amines) is 2. The smallest absolute Gasteiger partial charge is 0.222 e. The van der Waals surface area contributed by atoms with Gasteiger partial charge in [0.1, 0.15) is 5.82 Å². The summed E-state index contributed by atoms with van der Waals surface area (Å²) in [5.74, 6) is 0.285. The fraction of sp³-hybridized carbons (Fsp3) is 0.667. The molecule has 3 fully saturated rings. The Morgan fingerprint density at radius 3 is 2.48 bits per heavy atom. The van der Waals surface area contributed by atoms with E-state index in [1.807, 2.05) is 21.9 Å². The molecular weight excluding hydrogens is 395 g/mol. The summed E-state index contributed by atoms with van der Waals surface area (Å²) >= 11 is 0. The van der Waals surface area contributed by atoms with Gasteiger partial charge in [0.15, 0.2) is 0 Å². The van der Waals surface area contributed by atoms with E-state index in [-0.39, 0.29) is 17.6 Å². The molecule has 170 valence electrons. The molecule has 1 aromatic carbocycles. The average Bonchev–Trinajstić information content (AvgIpc) is 2.81. The summed E-state index contributed by atoms with van der Waals surface area (Å²) in [6, 6.07) is 7.17. The first kappa shape index (κ1) is 22.1. The Labute approximate surface area is 185 Å². The van der Waals surface area contributed by atoms with Crippen LogP contribution in [0.2, 0.25) is 0 Å². The highest BCUT2D eigenvalue weighted by atomic mass is 19.1. The fourth-order valence-electron chi connectivity index (χ4n) is 5.15. The van der Waals surface area contributed by atoms with Crippen molar-refractivity contribution in [2.24, 2.45) is 0 Å². The van der Waals surface area contributed by atoms with Gasteiger partial charge >= 0.3 is 0 Å². The molecule has 31 heavy (non-hydrogen) atoms. The molecular formula is C24H35FN4O2. The maximum Gasteiger partial charge on any atom is 0.222 e. The van der Waals surface area contributed by atoms with Crippen molar-refractivity contribution in [2.45, 2.75) is 51.0 Å². The van der Waals surface area contributed by atoms with Gasteiger partial charge in [-0.15, -0.1) is 0 Å². The van der Waals surface area contributed by atoms with Crippen LogP contribution in [0, 0.1) is 5.82 Å². The molecule has 0 aromatic heterocycles. The average molecular weight is 431 g/mol. The first-order valence-electron chi connectivity index (χ1n) is 11.9. The van der Waals surface area contributed by atoms with E-state index < -0.39 is 0 Å². The zero-order valence-corrected chi connectivity index (χ0v) is 18.5. The van der Waals surface area contributed by atoms with Crippen LogP contribution in [0.1, 0.15) is 44.9 Å². The van der Waals surface area contributed by atoms with Crippen molar-refractivity contribution in [1.29, 1.82) is 0 Å².